The summed E-state index contributed by atoms with van der Waals surface area (Å²) in [4.78, 5) is 32.5. The predicted molar refractivity (Wildman–Crippen MR) is 75.8 cm³/mol. The summed E-state index contributed by atoms with van der Waals surface area (Å²) in [5.41, 5.74) is 0.0911. The summed E-state index contributed by atoms with van der Waals surface area (Å²) in [5, 5.41) is 12.6. The zero-order valence-electron chi connectivity index (χ0n) is 12.7. The van der Waals surface area contributed by atoms with Crippen LogP contribution in [0.3, 0.4) is 0 Å². The number of aromatic nitrogens is 2. The summed E-state index contributed by atoms with van der Waals surface area (Å²) in [6, 6.07) is -0.605. The second-order valence-corrected chi connectivity index (χ2v) is 5.48. The summed E-state index contributed by atoms with van der Waals surface area (Å²) in [6.45, 7) is 0.0429. The minimum Gasteiger partial charge on any atom is -0.389 e. The van der Waals surface area contributed by atoms with E-state index in [-0.39, 0.29) is 25.2 Å². The van der Waals surface area contributed by atoms with Gasteiger partial charge in [0.2, 0.25) is 5.91 Å². The molecule has 1 aromatic rings. The number of hydrogen-bond donors (Lipinski definition) is 2. The number of nitrogens with one attached hydrogen (secondary N) is 1. The fraction of sp³-hybridized carbons (Fsp3) is 0.571. The highest BCUT2D eigenvalue weighted by atomic mass is 19.4. The van der Waals surface area contributed by atoms with E-state index in [1.54, 1.807) is 0 Å². The van der Waals surface area contributed by atoms with Crippen molar-refractivity contribution in [3.8, 4) is 0 Å². The molecular formula is C14H17F3N4O3. The Morgan fingerprint density at radius 2 is 2.12 bits per heavy atom. The van der Waals surface area contributed by atoms with Gasteiger partial charge in [-0.15, -0.1) is 0 Å². The Bertz CT molecular complexity index is 582. The molecule has 24 heavy (non-hydrogen) atoms. The summed E-state index contributed by atoms with van der Waals surface area (Å²) < 4.78 is 36.4. The molecule has 0 radical (unpaired) electrons. The van der Waals surface area contributed by atoms with Crippen LogP contribution in [0.1, 0.15) is 29.8 Å². The number of β-amino-alcohol motifs (C(OH)–C–C–N with tert-alkyl or cyclic N) is 1. The summed E-state index contributed by atoms with van der Waals surface area (Å²) in [7, 11) is 0. The quantitative estimate of drug-likeness (QED) is 0.828. The maximum Gasteiger partial charge on any atom is 0.389 e. The topological polar surface area (TPSA) is 95.4 Å². The molecular weight excluding hydrogens is 329 g/mol. The van der Waals surface area contributed by atoms with E-state index in [1.165, 1.54) is 23.5 Å². The number of carbonyl (C=O) groups excluding carboxylic acids is 2. The van der Waals surface area contributed by atoms with Crippen LogP contribution in [0.5, 0.6) is 0 Å². The van der Waals surface area contributed by atoms with Crippen LogP contribution in [-0.2, 0) is 4.79 Å². The van der Waals surface area contributed by atoms with Crippen molar-refractivity contribution >= 4 is 11.8 Å². The Labute approximate surface area is 135 Å². The van der Waals surface area contributed by atoms with Crippen molar-refractivity contribution in [2.45, 2.75) is 37.6 Å². The van der Waals surface area contributed by atoms with E-state index in [0.717, 1.165) is 0 Å². The van der Waals surface area contributed by atoms with Crippen molar-refractivity contribution in [3.63, 3.8) is 0 Å². The average molecular weight is 346 g/mol. The first-order valence-corrected chi connectivity index (χ1v) is 7.36. The SMILES string of the molecule is O=C(N[C@@H]1CCN(C(=O)CCC(F)(F)F)C[C@H]1O)c1cnccn1. The molecule has 10 heteroatoms. The highest BCUT2D eigenvalue weighted by Crippen LogP contribution is 2.22. The summed E-state index contributed by atoms with van der Waals surface area (Å²) >= 11 is 0. The number of carbonyl (C=O) groups is 2. The highest BCUT2D eigenvalue weighted by molar-refractivity contribution is 5.92. The minimum atomic E-state index is -4.39. The molecule has 2 atom stereocenters. The number of aliphatic hydroxyl groups is 1. The van der Waals surface area contributed by atoms with Crippen molar-refractivity contribution in [2.75, 3.05) is 13.1 Å². The molecule has 7 nitrogen and oxygen atoms in total. The van der Waals surface area contributed by atoms with Crippen LogP contribution in [0.25, 0.3) is 0 Å². The Kier molecular flexibility index (Phi) is 5.71. The number of aliphatic hydroxyl groups excluding tert-OH is 1. The van der Waals surface area contributed by atoms with Crippen LogP contribution in [0.2, 0.25) is 0 Å². The zero-order valence-corrected chi connectivity index (χ0v) is 12.7. The smallest absolute Gasteiger partial charge is 0.389 e. The van der Waals surface area contributed by atoms with Gasteiger partial charge >= 0.3 is 6.18 Å². The molecule has 0 aliphatic carbocycles. The van der Waals surface area contributed by atoms with Crippen LogP contribution >= 0.6 is 0 Å². The van der Waals surface area contributed by atoms with Crippen LogP contribution in [0.4, 0.5) is 13.2 Å². The van der Waals surface area contributed by atoms with E-state index in [2.05, 4.69) is 15.3 Å². The third kappa shape index (κ3) is 5.15. The van der Waals surface area contributed by atoms with Gasteiger partial charge in [-0.25, -0.2) is 4.98 Å². The van der Waals surface area contributed by atoms with Gasteiger partial charge in [-0.2, -0.15) is 13.2 Å². The molecule has 2 heterocycles. The second-order valence-electron chi connectivity index (χ2n) is 5.48. The fourth-order valence-electron chi connectivity index (χ4n) is 2.39. The highest BCUT2D eigenvalue weighted by Gasteiger charge is 2.33. The van der Waals surface area contributed by atoms with Gasteiger partial charge < -0.3 is 15.3 Å². The largest absolute Gasteiger partial charge is 0.389 e. The average Bonchev–Trinajstić information content (AvgIpc) is 2.54. The Balaban J connectivity index is 1.84. The lowest BCUT2D eigenvalue weighted by Crippen LogP contribution is -2.55. The molecule has 0 spiro atoms. The van der Waals surface area contributed by atoms with Crippen molar-refractivity contribution in [1.82, 2.24) is 20.2 Å². The van der Waals surface area contributed by atoms with Gasteiger partial charge in [-0.3, -0.25) is 14.6 Å². The first kappa shape index (κ1) is 18.1. The number of likely N-dealkylation sites (tertiary alicyclic amines) is 1. The van der Waals surface area contributed by atoms with Gasteiger partial charge in [-0.05, 0) is 6.42 Å². The number of hydrogen-bond acceptors (Lipinski definition) is 5. The van der Waals surface area contributed by atoms with Gasteiger partial charge in [0, 0.05) is 31.9 Å². The van der Waals surface area contributed by atoms with Crippen molar-refractivity contribution < 1.29 is 27.9 Å². The van der Waals surface area contributed by atoms with E-state index in [4.69, 9.17) is 0 Å². The minimum absolute atomic E-state index is 0.0911. The third-order valence-corrected chi connectivity index (χ3v) is 3.67. The molecule has 0 aromatic carbocycles. The molecule has 1 saturated heterocycles. The lowest BCUT2D eigenvalue weighted by atomic mass is 10.0. The normalized spacial score (nSPS) is 21.4. The van der Waals surface area contributed by atoms with Crippen LogP contribution in [0.15, 0.2) is 18.6 Å². The Morgan fingerprint density at radius 3 is 2.71 bits per heavy atom. The molecule has 0 saturated carbocycles. The number of amides is 2. The number of piperidine rings is 1. The molecule has 1 aromatic heterocycles. The number of alkyl halides is 3. The molecule has 0 bridgehead atoms. The lowest BCUT2D eigenvalue weighted by Gasteiger charge is -2.36. The summed E-state index contributed by atoms with van der Waals surface area (Å²) in [5.74, 6) is -1.17. The second kappa shape index (κ2) is 7.56. The maximum absolute atomic E-state index is 12.1. The van der Waals surface area contributed by atoms with Gasteiger partial charge in [0.05, 0.1) is 24.8 Å². The summed E-state index contributed by atoms with van der Waals surface area (Å²) in [6.07, 6.45) is -3.00. The molecule has 0 unspecified atom stereocenters. The lowest BCUT2D eigenvalue weighted by molar-refractivity contribution is -0.151. The predicted octanol–water partition coefficient (Wildman–Crippen LogP) is 0.511. The van der Waals surface area contributed by atoms with Crippen molar-refractivity contribution in [1.29, 1.82) is 0 Å². The van der Waals surface area contributed by atoms with Crippen molar-refractivity contribution in [2.24, 2.45) is 0 Å². The Hall–Kier alpha value is -2.23. The van der Waals surface area contributed by atoms with E-state index in [1.807, 2.05) is 0 Å². The van der Waals surface area contributed by atoms with Gasteiger partial charge in [0.25, 0.3) is 5.91 Å². The third-order valence-electron chi connectivity index (χ3n) is 3.67. The van der Waals surface area contributed by atoms with Gasteiger partial charge in [0.15, 0.2) is 0 Å². The molecule has 132 valence electrons. The van der Waals surface area contributed by atoms with Gasteiger partial charge in [0.1, 0.15) is 5.69 Å². The van der Waals surface area contributed by atoms with E-state index < -0.39 is 43.0 Å². The van der Waals surface area contributed by atoms with E-state index >= 15 is 0 Å². The monoisotopic (exact) mass is 346 g/mol. The van der Waals surface area contributed by atoms with Crippen molar-refractivity contribution in [3.05, 3.63) is 24.3 Å². The van der Waals surface area contributed by atoms with Crippen LogP contribution < -0.4 is 5.32 Å². The first-order valence-electron chi connectivity index (χ1n) is 7.36. The molecule has 2 rings (SSSR count). The number of halogens is 3. The molecule has 2 amide bonds. The van der Waals surface area contributed by atoms with Crippen LogP contribution in [0, 0.1) is 0 Å². The molecule has 1 aliphatic heterocycles. The first-order chi connectivity index (χ1) is 11.3. The fourth-order valence-corrected chi connectivity index (χ4v) is 2.39. The van der Waals surface area contributed by atoms with E-state index in [0.29, 0.717) is 0 Å². The van der Waals surface area contributed by atoms with Crippen LogP contribution in [-0.4, -0.2) is 63.2 Å². The van der Waals surface area contributed by atoms with Gasteiger partial charge in [-0.1, -0.05) is 0 Å². The number of nitrogens with zero attached hydrogens (tertiary/aromatic N) is 3. The standard InChI is InChI=1S/C14H17F3N4O3/c15-14(16,17)3-1-12(23)21-6-2-9(11(22)8-21)20-13(24)10-7-18-4-5-19-10/h4-5,7,9,11,22H,1-3,6,8H2,(H,20,24)/t9-,11-/m1/s1. The zero-order chi connectivity index (χ0) is 17.7. The molecule has 1 fully saturated rings. The van der Waals surface area contributed by atoms with E-state index in [9.17, 15) is 27.9 Å². The Morgan fingerprint density at radius 1 is 1.38 bits per heavy atom. The molecule has 1 aliphatic rings. The molecule has 2 N–H and O–H groups in total. The maximum atomic E-state index is 12.1. The number of rotatable bonds is 4.